The van der Waals surface area contributed by atoms with Crippen molar-refractivity contribution in [2.24, 2.45) is 0 Å². The quantitative estimate of drug-likeness (QED) is 0.216. The highest BCUT2D eigenvalue weighted by atomic mass is 16.6. The van der Waals surface area contributed by atoms with E-state index in [2.05, 4.69) is 0 Å². The largest absolute Gasteiger partial charge is 0.504 e. The van der Waals surface area contributed by atoms with Crippen LogP contribution in [0.1, 0.15) is 27.1 Å². The van der Waals surface area contributed by atoms with Gasteiger partial charge in [-0.25, -0.2) is 14.4 Å². The Balaban J connectivity index is 1.89. The molecule has 0 radical (unpaired) electrons. The Morgan fingerprint density at radius 3 is 1.56 bits per heavy atom. The highest BCUT2D eigenvalue weighted by Gasteiger charge is 2.40. The van der Waals surface area contributed by atoms with E-state index in [0.717, 1.165) is 30.3 Å². The summed E-state index contributed by atoms with van der Waals surface area (Å²) in [5.74, 6) is -9.09. The number of phenolic OH excluding ortho intramolecular Hbond substituents is 6. The second-order valence-electron chi connectivity index (χ2n) is 7.23. The Morgan fingerprint density at radius 1 is 0.735 bits per heavy atom. The number of esters is 2. The van der Waals surface area contributed by atoms with Crippen LogP contribution in [-0.4, -0.2) is 77.1 Å². The predicted molar refractivity (Wildman–Crippen MR) is 108 cm³/mol. The minimum absolute atomic E-state index is 0.367. The molecule has 0 fully saturated rings. The molecule has 3 atom stereocenters. The summed E-state index contributed by atoms with van der Waals surface area (Å²) in [6, 6.07) is 3.03. The van der Waals surface area contributed by atoms with Gasteiger partial charge in [-0.15, -0.1) is 0 Å². The molecule has 3 rings (SSSR count). The van der Waals surface area contributed by atoms with Crippen molar-refractivity contribution in [2.45, 2.75) is 24.7 Å². The van der Waals surface area contributed by atoms with Gasteiger partial charge in [-0.1, -0.05) is 0 Å². The Bertz CT molecular complexity index is 1150. The van der Waals surface area contributed by atoms with Crippen molar-refractivity contribution in [2.75, 3.05) is 0 Å². The number of carboxylic acids is 1. The standard InChI is InChI=1S/C21H18O13/c22-10-2-8(3-11(23)16(10)27)20(31)33-15-6-7(19(29)30)1-14(26)18(15)34-21(32)9-4-12(24)17(28)13(25)5-9/h1-5,14-15,18,22-28H,6H2,(H,29,30)/t14-,15+,18-/m1/s1. The molecule has 0 aliphatic heterocycles. The van der Waals surface area contributed by atoms with Crippen LogP contribution in [0.2, 0.25) is 0 Å². The van der Waals surface area contributed by atoms with Crippen LogP contribution < -0.4 is 0 Å². The number of aromatic hydroxyl groups is 6. The number of rotatable bonds is 5. The molecule has 0 amide bonds. The Labute approximate surface area is 189 Å². The zero-order valence-corrected chi connectivity index (χ0v) is 16.9. The van der Waals surface area contributed by atoms with Gasteiger partial charge in [0, 0.05) is 12.0 Å². The number of aliphatic carboxylic acids is 1. The summed E-state index contributed by atoms with van der Waals surface area (Å²) in [4.78, 5) is 36.4. The fourth-order valence-corrected chi connectivity index (χ4v) is 3.18. The van der Waals surface area contributed by atoms with Crippen LogP contribution in [0.15, 0.2) is 35.9 Å². The zero-order valence-electron chi connectivity index (χ0n) is 16.9. The normalized spacial score (nSPS) is 19.7. The number of hydrogen-bond donors (Lipinski definition) is 8. The molecule has 0 heterocycles. The van der Waals surface area contributed by atoms with Crippen LogP contribution in [0, 0.1) is 0 Å². The van der Waals surface area contributed by atoms with E-state index >= 15 is 0 Å². The molecule has 13 nitrogen and oxygen atoms in total. The first-order valence-electron chi connectivity index (χ1n) is 9.43. The molecular formula is C21H18O13. The molecule has 34 heavy (non-hydrogen) atoms. The maximum atomic E-state index is 12.5. The summed E-state index contributed by atoms with van der Waals surface area (Å²) >= 11 is 0. The number of ether oxygens (including phenoxy) is 2. The number of hydrogen-bond acceptors (Lipinski definition) is 12. The molecule has 180 valence electrons. The van der Waals surface area contributed by atoms with Crippen LogP contribution in [0.4, 0.5) is 0 Å². The number of carbonyl (C=O) groups excluding carboxylic acids is 2. The zero-order chi connectivity index (χ0) is 25.3. The van der Waals surface area contributed by atoms with Crippen molar-refractivity contribution < 1.29 is 64.7 Å². The minimum Gasteiger partial charge on any atom is -0.504 e. The summed E-state index contributed by atoms with van der Waals surface area (Å²) in [5, 5.41) is 76.7. The van der Waals surface area contributed by atoms with Gasteiger partial charge in [0.15, 0.2) is 40.6 Å². The van der Waals surface area contributed by atoms with E-state index in [1.54, 1.807) is 0 Å². The fourth-order valence-electron chi connectivity index (χ4n) is 3.18. The lowest BCUT2D eigenvalue weighted by Crippen LogP contribution is -2.46. The maximum absolute atomic E-state index is 12.5. The SMILES string of the molecule is O=C(O)C1=C[C@@H](O)[C@@H](OC(=O)c2cc(O)c(O)c(O)c2)[C@@H](OC(=O)c2cc(O)c(O)c(O)c2)C1. The van der Waals surface area contributed by atoms with Gasteiger partial charge in [0.05, 0.1) is 11.1 Å². The number of aliphatic hydroxyl groups excluding tert-OH is 1. The Morgan fingerprint density at radius 2 is 1.15 bits per heavy atom. The number of benzene rings is 2. The highest BCUT2D eigenvalue weighted by Crippen LogP contribution is 2.37. The third-order valence-electron chi connectivity index (χ3n) is 4.88. The second-order valence-corrected chi connectivity index (χ2v) is 7.23. The number of carbonyl (C=O) groups is 3. The highest BCUT2D eigenvalue weighted by molar-refractivity contribution is 5.93. The summed E-state index contributed by atoms with van der Waals surface area (Å²) in [6.07, 6.45) is -4.63. The third kappa shape index (κ3) is 4.73. The van der Waals surface area contributed by atoms with Gasteiger partial charge in [0.2, 0.25) is 0 Å². The van der Waals surface area contributed by atoms with E-state index in [-0.39, 0.29) is 5.57 Å². The van der Waals surface area contributed by atoms with Crippen molar-refractivity contribution in [1.82, 2.24) is 0 Å². The molecule has 0 aromatic heterocycles. The predicted octanol–water partition coefficient (Wildman–Crippen LogP) is 0.447. The fraction of sp³-hybridized carbons (Fsp3) is 0.190. The van der Waals surface area contributed by atoms with Crippen LogP contribution in [0.5, 0.6) is 34.5 Å². The first-order valence-corrected chi connectivity index (χ1v) is 9.43. The van der Waals surface area contributed by atoms with E-state index < -0.39 is 88.3 Å². The summed E-state index contributed by atoms with van der Waals surface area (Å²) in [6.45, 7) is 0. The van der Waals surface area contributed by atoms with Gasteiger partial charge >= 0.3 is 17.9 Å². The molecule has 13 heteroatoms. The molecular weight excluding hydrogens is 460 g/mol. The van der Waals surface area contributed by atoms with Crippen molar-refractivity contribution in [3.05, 3.63) is 47.0 Å². The first kappa shape index (κ1) is 24.0. The topological polar surface area (TPSA) is 232 Å². The van der Waals surface area contributed by atoms with E-state index in [4.69, 9.17) is 9.47 Å². The first-order chi connectivity index (χ1) is 15.9. The Hall–Kier alpha value is -4.65. The lowest BCUT2D eigenvalue weighted by atomic mass is 9.91. The molecule has 1 aliphatic carbocycles. The van der Waals surface area contributed by atoms with E-state index in [9.17, 15) is 55.2 Å². The molecule has 0 unspecified atom stereocenters. The van der Waals surface area contributed by atoms with Crippen molar-refractivity contribution in [3.63, 3.8) is 0 Å². The van der Waals surface area contributed by atoms with E-state index in [1.165, 1.54) is 0 Å². The molecule has 0 saturated heterocycles. The van der Waals surface area contributed by atoms with Crippen LogP contribution in [0.3, 0.4) is 0 Å². The van der Waals surface area contributed by atoms with Gasteiger partial charge in [0.25, 0.3) is 0 Å². The average Bonchev–Trinajstić information content (AvgIpc) is 2.76. The molecule has 0 spiro atoms. The van der Waals surface area contributed by atoms with Crippen LogP contribution >= 0.6 is 0 Å². The lowest BCUT2D eigenvalue weighted by molar-refractivity contribution is -0.134. The van der Waals surface area contributed by atoms with Crippen molar-refractivity contribution in [1.29, 1.82) is 0 Å². The van der Waals surface area contributed by atoms with Gasteiger partial charge < -0.3 is 50.3 Å². The van der Waals surface area contributed by atoms with Crippen molar-refractivity contribution >= 4 is 17.9 Å². The van der Waals surface area contributed by atoms with Crippen molar-refractivity contribution in [3.8, 4) is 34.5 Å². The summed E-state index contributed by atoms with van der Waals surface area (Å²) < 4.78 is 10.3. The van der Waals surface area contributed by atoms with Gasteiger partial charge in [-0.2, -0.15) is 0 Å². The van der Waals surface area contributed by atoms with Gasteiger partial charge in [-0.3, -0.25) is 0 Å². The number of aliphatic hydroxyl groups is 1. The number of carboxylic acid groups (broad SMARTS) is 1. The molecule has 0 saturated carbocycles. The van der Waals surface area contributed by atoms with Crippen LogP contribution in [-0.2, 0) is 14.3 Å². The number of phenols is 6. The smallest absolute Gasteiger partial charge is 0.338 e. The third-order valence-corrected chi connectivity index (χ3v) is 4.88. The minimum atomic E-state index is -1.76. The lowest BCUT2D eigenvalue weighted by Gasteiger charge is -2.33. The molecule has 8 N–H and O–H groups in total. The summed E-state index contributed by atoms with van der Waals surface area (Å²) in [7, 11) is 0. The Kier molecular flexibility index (Phi) is 6.40. The molecule has 2 aromatic carbocycles. The molecule has 2 aromatic rings. The average molecular weight is 478 g/mol. The van der Waals surface area contributed by atoms with Gasteiger partial charge in [-0.05, 0) is 30.3 Å². The maximum Gasteiger partial charge on any atom is 0.338 e. The van der Waals surface area contributed by atoms with Crippen LogP contribution in [0.25, 0.3) is 0 Å². The second kappa shape index (κ2) is 9.07. The summed E-state index contributed by atoms with van der Waals surface area (Å²) in [5.41, 5.74) is -1.27. The van der Waals surface area contributed by atoms with E-state index in [1.807, 2.05) is 0 Å². The monoisotopic (exact) mass is 478 g/mol. The molecule has 0 bridgehead atoms. The van der Waals surface area contributed by atoms with Gasteiger partial charge in [0.1, 0.15) is 12.2 Å². The molecule has 1 aliphatic rings. The van der Waals surface area contributed by atoms with E-state index in [0.29, 0.717) is 0 Å².